The van der Waals surface area contributed by atoms with Crippen LogP contribution in [0.4, 0.5) is 5.82 Å². The Labute approximate surface area is 144 Å². The van der Waals surface area contributed by atoms with Crippen LogP contribution in [-0.4, -0.2) is 25.3 Å². The SMILES string of the molecule is CC(Nc1ccc2nnnn2n1)c1ccccc1Oc1ccccc1. The van der Waals surface area contributed by atoms with Crippen LogP contribution in [0.5, 0.6) is 11.5 Å². The van der Waals surface area contributed by atoms with Crippen molar-refractivity contribution < 1.29 is 4.74 Å². The first-order valence-corrected chi connectivity index (χ1v) is 7.93. The Morgan fingerprint density at radius 2 is 1.76 bits per heavy atom. The van der Waals surface area contributed by atoms with Gasteiger partial charge in [-0.15, -0.1) is 14.8 Å². The molecule has 0 aliphatic rings. The second-order valence-corrected chi connectivity index (χ2v) is 5.56. The van der Waals surface area contributed by atoms with Crippen LogP contribution in [0.15, 0.2) is 66.7 Å². The van der Waals surface area contributed by atoms with Crippen LogP contribution in [-0.2, 0) is 0 Å². The second-order valence-electron chi connectivity index (χ2n) is 5.56. The quantitative estimate of drug-likeness (QED) is 0.603. The molecule has 0 radical (unpaired) electrons. The van der Waals surface area contributed by atoms with Gasteiger partial charge in [0, 0.05) is 5.56 Å². The fourth-order valence-corrected chi connectivity index (χ4v) is 2.57. The topological polar surface area (TPSA) is 77.2 Å². The Morgan fingerprint density at radius 3 is 2.64 bits per heavy atom. The maximum atomic E-state index is 6.03. The van der Waals surface area contributed by atoms with Gasteiger partial charge in [-0.05, 0) is 47.7 Å². The monoisotopic (exact) mass is 332 g/mol. The summed E-state index contributed by atoms with van der Waals surface area (Å²) in [4.78, 5) is 0. The van der Waals surface area contributed by atoms with Crippen molar-refractivity contribution in [3.8, 4) is 11.5 Å². The lowest BCUT2D eigenvalue weighted by Gasteiger charge is -2.18. The molecule has 1 N–H and O–H groups in total. The van der Waals surface area contributed by atoms with Gasteiger partial charge in [-0.1, -0.05) is 36.4 Å². The number of tetrazole rings is 1. The van der Waals surface area contributed by atoms with E-state index in [9.17, 15) is 0 Å². The highest BCUT2D eigenvalue weighted by Gasteiger charge is 2.13. The number of hydrogen-bond donors (Lipinski definition) is 1. The number of benzene rings is 2. The van der Waals surface area contributed by atoms with Crippen molar-refractivity contribution in [2.45, 2.75) is 13.0 Å². The van der Waals surface area contributed by atoms with Crippen molar-refractivity contribution in [3.63, 3.8) is 0 Å². The van der Waals surface area contributed by atoms with E-state index >= 15 is 0 Å². The molecule has 7 nitrogen and oxygen atoms in total. The van der Waals surface area contributed by atoms with E-state index in [1.807, 2.05) is 66.7 Å². The first kappa shape index (κ1) is 15.1. The summed E-state index contributed by atoms with van der Waals surface area (Å²) in [6, 6.07) is 21.3. The molecular formula is C18H16N6O. The lowest BCUT2D eigenvalue weighted by Crippen LogP contribution is -2.10. The van der Waals surface area contributed by atoms with Crippen molar-refractivity contribution in [2.75, 3.05) is 5.32 Å². The van der Waals surface area contributed by atoms with Crippen LogP contribution >= 0.6 is 0 Å². The molecule has 124 valence electrons. The summed E-state index contributed by atoms with van der Waals surface area (Å²) < 4.78 is 7.42. The van der Waals surface area contributed by atoms with Crippen molar-refractivity contribution >= 4 is 11.5 Å². The molecule has 2 heterocycles. The third-order valence-corrected chi connectivity index (χ3v) is 3.79. The van der Waals surface area contributed by atoms with Gasteiger partial charge < -0.3 is 10.1 Å². The average molecular weight is 332 g/mol. The van der Waals surface area contributed by atoms with Gasteiger partial charge in [0.15, 0.2) is 5.65 Å². The highest BCUT2D eigenvalue weighted by atomic mass is 16.5. The zero-order valence-electron chi connectivity index (χ0n) is 13.6. The molecule has 2 aromatic carbocycles. The van der Waals surface area contributed by atoms with Crippen LogP contribution in [0, 0.1) is 0 Å². The smallest absolute Gasteiger partial charge is 0.200 e. The number of fused-ring (bicyclic) bond motifs is 1. The minimum atomic E-state index is -0.0126. The number of aromatic nitrogens is 5. The first-order chi connectivity index (χ1) is 12.3. The number of ether oxygens (including phenoxy) is 1. The van der Waals surface area contributed by atoms with Gasteiger partial charge in [0.1, 0.15) is 17.3 Å². The van der Waals surface area contributed by atoms with Crippen molar-refractivity contribution in [1.29, 1.82) is 0 Å². The van der Waals surface area contributed by atoms with E-state index in [-0.39, 0.29) is 6.04 Å². The summed E-state index contributed by atoms with van der Waals surface area (Å²) in [5, 5.41) is 19.0. The molecule has 1 atom stereocenters. The minimum absolute atomic E-state index is 0.0126. The normalized spacial score (nSPS) is 12.0. The third kappa shape index (κ3) is 3.25. The molecule has 0 amide bonds. The highest BCUT2D eigenvalue weighted by Crippen LogP contribution is 2.30. The summed E-state index contributed by atoms with van der Waals surface area (Å²) in [5.74, 6) is 2.29. The van der Waals surface area contributed by atoms with Crippen LogP contribution in [0.1, 0.15) is 18.5 Å². The predicted octanol–water partition coefficient (Wildman–Crippen LogP) is 3.48. The van der Waals surface area contributed by atoms with Crippen LogP contribution in [0.3, 0.4) is 0 Å². The Bertz CT molecular complexity index is 985. The Hall–Kier alpha value is -3.48. The molecule has 0 saturated heterocycles. The largest absolute Gasteiger partial charge is 0.457 e. The van der Waals surface area contributed by atoms with Crippen LogP contribution in [0.25, 0.3) is 5.65 Å². The molecule has 0 bridgehead atoms. The minimum Gasteiger partial charge on any atom is -0.457 e. The van der Waals surface area contributed by atoms with Gasteiger partial charge in [-0.2, -0.15) is 0 Å². The molecule has 25 heavy (non-hydrogen) atoms. The van der Waals surface area contributed by atoms with E-state index in [1.54, 1.807) is 0 Å². The molecular weight excluding hydrogens is 316 g/mol. The van der Waals surface area contributed by atoms with E-state index in [2.05, 4.69) is 32.9 Å². The van der Waals surface area contributed by atoms with Gasteiger partial charge in [0.05, 0.1) is 6.04 Å². The van der Waals surface area contributed by atoms with Gasteiger partial charge in [0.25, 0.3) is 0 Å². The summed E-state index contributed by atoms with van der Waals surface area (Å²) in [7, 11) is 0. The van der Waals surface area contributed by atoms with Gasteiger partial charge in [-0.3, -0.25) is 0 Å². The summed E-state index contributed by atoms with van der Waals surface area (Å²) >= 11 is 0. The Morgan fingerprint density at radius 1 is 0.960 bits per heavy atom. The summed E-state index contributed by atoms with van der Waals surface area (Å²) in [6.45, 7) is 2.05. The number of anilines is 1. The maximum absolute atomic E-state index is 6.03. The molecule has 7 heteroatoms. The summed E-state index contributed by atoms with van der Waals surface area (Å²) in [6.07, 6.45) is 0. The molecule has 0 saturated carbocycles. The molecule has 0 spiro atoms. The van der Waals surface area contributed by atoms with Crippen LogP contribution in [0.2, 0.25) is 0 Å². The van der Waals surface area contributed by atoms with E-state index < -0.39 is 0 Å². The fraction of sp³-hybridized carbons (Fsp3) is 0.111. The third-order valence-electron chi connectivity index (χ3n) is 3.79. The highest BCUT2D eigenvalue weighted by molar-refractivity contribution is 5.46. The number of hydrogen-bond acceptors (Lipinski definition) is 6. The lowest BCUT2D eigenvalue weighted by atomic mass is 10.1. The number of nitrogens with one attached hydrogen (secondary N) is 1. The number of rotatable bonds is 5. The fourth-order valence-electron chi connectivity index (χ4n) is 2.57. The average Bonchev–Trinajstić information content (AvgIpc) is 3.11. The zero-order valence-corrected chi connectivity index (χ0v) is 13.6. The molecule has 0 aliphatic carbocycles. The molecule has 4 aromatic rings. The molecule has 4 rings (SSSR count). The van der Waals surface area contributed by atoms with Gasteiger partial charge in [-0.25, -0.2) is 0 Å². The number of para-hydroxylation sites is 2. The van der Waals surface area contributed by atoms with Gasteiger partial charge in [0.2, 0.25) is 0 Å². The lowest BCUT2D eigenvalue weighted by molar-refractivity contribution is 0.473. The summed E-state index contributed by atoms with van der Waals surface area (Å²) in [5.41, 5.74) is 1.64. The Balaban J connectivity index is 1.58. The van der Waals surface area contributed by atoms with Crippen LogP contribution < -0.4 is 10.1 Å². The van der Waals surface area contributed by atoms with Crippen molar-refractivity contribution in [1.82, 2.24) is 25.3 Å². The second kappa shape index (κ2) is 6.56. The van der Waals surface area contributed by atoms with E-state index in [1.165, 1.54) is 4.63 Å². The first-order valence-electron chi connectivity index (χ1n) is 7.93. The molecule has 2 aromatic heterocycles. The zero-order chi connectivity index (χ0) is 17.1. The van der Waals surface area contributed by atoms with E-state index in [0.717, 1.165) is 17.1 Å². The molecule has 0 aliphatic heterocycles. The van der Waals surface area contributed by atoms with E-state index in [4.69, 9.17) is 4.74 Å². The predicted molar refractivity (Wildman–Crippen MR) is 93.6 cm³/mol. The maximum Gasteiger partial charge on any atom is 0.200 e. The van der Waals surface area contributed by atoms with Gasteiger partial charge >= 0.3 is 0 Å². The number of nitrogens with zero attached hydrogens (tertiary/aromatic N) is 5. The van der Waals surface area contributed by atoms with E-state index in [0.29, 0.717) is 11.5 Å². The standard InChI is InChI=1S/C18H16N6O/c1-13(19-17-11-12-18-20-22-23-24(18)21-17)15-9-5-6-10-16(15)25-14-7-3-2-4-8-14/h2-13H,1H3,(H,19,21). The molecule has 1 unspecified atom stereocenters. The van der Waals surface area contributed by atoms with Crippen molar-refractivity contribution in [2.24, 2.45) is 0 Å². The Kier molecular flexibility index (Phi) is 3.96. The molecule has 0 fully saturated rings. The van der Waals surface area contributed by atoms with Crippen molar-refractivity contribution in [3.05, 3.63) is 72.3 Å².